The fraction of sp³-hybridized carbons (Fsp3) is 0.182. The summed E-state index contributed by atoms with van der Waals surface area (Å²) >= 11 is 5.18. The fourth-order valence-electron chi connectivity index (χ4n) is 3.14. The third-order valence-corrected chi connectivity index (χ3v) is 4.91. The minimum atomic E-state index is -0.674. The van der Waals surface area contributed by atoms with Gasteiger partial charge in [0.2, 0.25) is 0 Å². The molecule has 3 rings (SSSR count). The van der Waals surface area contributed by atoms with Crippen LogP contribution in [0.4, 0.5) is 11.4 Å². The summed E-state index contributed by atoms with van der Waals surface area (Å²) in [5.74, 6) is -1.67. The van der Waals surface area contributed by atoms with Crippen LogP contribution in [0.3, 0.4) is 0 Å². The molecule has 2 aromatic carbocycles. The number of hydrazine groups is 1. The van der Waals surface area contributed by atoms with E-state index in [0.717, 1.165) is 5.69 Å². The van der Waals surface area contributed by atoms with Crippen molar-refractivity contribution in [1.82, 2.24) is 15.8 Å². The molecule has 0 aromatic heterocycles. The zero-order valence-electron chi connectivity index (χ0n) is 17.8. The molecule has 5 N–H and O–H groups in total. The first-order chi connectivity index (χ1) is 15.9. The average molecular weight is 470 g/mol. The number of anilines is 2. The number of ether oxygens (including phenoxy) is 1. The number of benzene rings is 2. The number of esters is 1. The zero-order valence-corrected chi connectivity index (χ0v) is 18.6. The highest BCUT2D eigenvalue weighted by Crippen LogP contribution is 2.24. The molecule has 0 saturated carbocycles. The van der Waals surface area contributed by atoms with E-state index in [-0.39, 0.29) is 41.6 Å². The number of carbonyl (C=O) groups is 3. The van der Waals surface area contributed by atoms with Gasteiger partial charge in [-0.1, -0.05) is 30.3 Å². The second kappa shape index (κ2) is 11.1. The second-order valence-corrected chi connectivity index (χ2v) is 7.27. The van der Waals surface area contributed by atoms with E-state index in [1.807, 2.05) is 30.3 Å². The van der Waals surface area contributed by atoms with Crippen molar-refractivity contribution in [2.24, 2.45) is 0 Å². The molecule has 2 aromatic rings. The molecule has 0 saturated heterocycles. The lowest BCUT2D eigenvalue weighted by molar-refractivity contribution is -0.136. The van der Waals surface area contributed by atoms with Crippen molar-refractivity contribution in [2.75, 3.05) is 37.4 Å². The largest absolute Gasteiger partial charge is 0.466 e. The van der Waals surface area contributed by atoms with Gasteiger partial charge < -0.3 is 25.4 Å². The lowest BCUT2D eigenvalue weighted by Crippen LogP contribution is -2.44. The molecule has 1 aliphatic heterocycles. The summed E-state index contributed by atoms with van der Waals surface area (Å²) in [4.78, 5) is 39.0. The van der Waals surface area contributed by atoms with Crippen LogP contribution in [0.25, 0.3) is 0 Å². The predicted octanol–water partition coefficient (Wildman–Crippen LogP) is 0.991. The maximum atomic E-state index is 12.8. The molecule has 1 aliphatic rings. The topological polar surface area (TPSA) is 132 Å². The molecule has 2 amide bonds. The van der Waals surface area contributed by atoms with Gasteiger partial charge in [-0.25, -0.2) is 4.79 Å². The standard InChI is InChI=1S/C22H23N5O5S/c1-32-21(31)16-13-27(11-12-28)20(30)18(16)24-17-10-6-5-9-15(17)19(29)25-26-22(33)23-14-7-3-2-4-8-14/h2-10,24,28H,11-13H2,1H3,(H,25,29)(H2,23,26,33). The van der Waals surface area contributed by atoms with E-state index < -0.39 is 17.8 Å². The third kappa shape index (κ3) is 5.84. The first-order valence-corrected chi connectivity index (χ1v) is 10.4. The predicted molar refractivity (Wildman–Crippen MR) is 126 cm³/mol. The van der Waals surface area contributed by atoms with E-state index in [2.05, 4.69) is 21.5 Å². The highest BCUT2D eigenvalue weighted by Gasteiger charge is 2.34. The minimum Gasteiger partial charge on any atom is -0.466 e. The summed E-state index contributed by atoms with van der Waals surface area (Å²) in [6, 6.07) is 15.7. The second-order valence-electron chi connectivity index (χ2n) is 6.87. The van der Waals surface area contributed by atoms with Crippen molar-refractivity contribution < 1.29 is 24.2 Å². The molecule has 172 valence electrons. The summed E-state index contributed by atoms with van der Waals surface area (Å²) in [6.45, 7) is -0.207. The molecule has 11 heteroatoms. The maximum absolute atomic E-state index is 12.8. The van der Waals surface area contributed by atoms with Crippen LogP contribution >= 0.6 is 12.2 Å². The van der Waals surface area contributed by atoms with Crippen molar-refractivity contribution in [2.45, 2.75) is 0 Å². The molecule has 0 aliphatic carbocycles. The number of amides is 2. The fourth-order valence-corrected chi connectivity index (χ4v) is 3.31. The van der Waals surface area contributed by atoms with Crippen LogP contribution in [-0.4, -0.2) is 59.7 Å². The number of methoxy groups -OCH3 is 1. The molecule has 0 fully saturated rings. The Balaban J connectivity index is 1.74. The Labute approximate surface area is 195 Å². The normalized spacial score (nSPS) is 12.9. The number of aliphatic hydroxyl groups is 1. The van der Waals surface area contributed by atoms with Gasteiger partial charge in [-0.15, -0.1) is 0 Å². The molecule has 0 unspecified atom stereocenters. The number of nitrogens with one attached hydrogen (secondary N) is 4. The van der Waals surface area contributed by atoms with Crippen LogP contribution < -0.4 is 21.5 Å². The van der Waals surface area contributed by atoms with Crippen LogP contribution in [-0.2, 0) is 14.3 Å². The molecule has 0 bridgehead atoms. The summed E-state index contributed by atoms with van der Waals surface area (Å²) in [5, 5.41) is 15.2. The van der Waals surface area contributed by atoms with E-state index in [9.17, 15) is 19.5 Å². The molecular formula is C22H23N5O5S. The van der Waals surface area contributed by atoms with E-state index >= 15 is 0 Å². The molecule has 1 heterocycles. The van der Waals surface area contributed by atoms with Crippen LogP contribution in [0, 0.1) is 0 Å². The van der Waals surface area contributed by atoms with Gasteiger partial charge in [-0.2, -0.15) is 0 Å². The Morgan fingerprint density at radius 1 is 1.09 bits per heavy atom. The van der Waals surface area contributed by atoms with Gasteiger partial charge in [0.1, 0.15) is 5.70 Å². The number of nitrogens with zero attached hydrogens (tertiary/aromatic N) is 1. The number of para-hydroxylation sites is 2. The number of carbonyl (C=O) groups excluding carboxylic acids is 3. The quantitative estimate of drug-likeness (QED) is 0.229. The number of aliphatic hydroxyl groups excluding tert-OH is 1. The molecule has 0 atom stereocenters. The SMILES string of the molecule is COC(=O)C1=C(Nc2ccccc2C(=O)NNC(=S)Nc2ccccc2)C(=O)N(CCO)C1. The molecule has 33 heavy (non-hydrogen) atoms. The van der Waals surface area contributed by atoms with Crippen LogP contribution in [0.5, 0.6) is 0 Å². The monoisotopic (exact) mass is 469 g/mol. The van der Waals surface area contributed by atoms with Crippen LogP contribution in [0.2, 0.25) is 0 Å². The smallest absolute Gasteiger partial charge is 0.337 e. The number of hydrogen-bond acceptors (Lipinski definition) is 7. The van der Waals surface area contributed by atoms with E-state index in [1.54, 1.807) is 24.3 Å². The first kappa shape index (κ1) is 23.7. The molecule has 10 nitrogen and oxygen atoms in total. The highest BCUT2D eigenvalue weighted by molar-refractivity contribution is 7.80. The van der Waals surface area contributed by atoms with Gasteiger partial charge in [-0.3, -0.25) is 20.4 Å². The van der Waals surface area contributed by atoms with Gasteiger partial charge in [0.25, 0.3) is 11.8 Å². The van der Waals surface area contributed by atoms with E-state index in [0.29, 0.717) is 5.69 Å². The Hall–Kier alpha value is -3.96. The third-order valence-electron chi connectivity index (χ3n) is 4.71. The minimum absolute atomic E-state index is 0.00947. The average Bonchev–Trinajstić information content (AvgIpc) is 3.13. The summed E-state index contributed by atoms with van der Waals surface area (Å²) in [7, 11) is 1.21. The van der Waals surface area contributed by atoms with Crippen LogP contribution in [0.15, 0.2) is 65.9 Å². The number of rotatable bonds is 7. The number of β-amino-alcohol motifs (C(OH)–C–C–N with tert-alkyl or cyclic N) is 1. The molecule has 0 radical (unpaired) electrons. The summed E-state index contributed by atoms with van der Waals surface area (Å²) < 4.78 is 4.78. The Kier molecular flexibility index (Phi) is 7.95. The van der Waals surface area contributed by atoms with Crippen molar-refractivity contribution in [3.63, 3.8) is 0 Å². The van der Waals surface area contributed by atoms with Crippen molar-refractivity contribution >= 4 is 46.5 Å². The van der Waals surface area contributed by atoms with Crippen LogP contribution in [0.1, 0.15) is 10.4 Å². The highest BCUT2D eigenvalue weighted by atomic mass is 32.1. The Morgan fingerprint density at radius 3 is 2.48 bits per heavy atom. The van der Waals surface area contributed by atoms with Crippen molar-refractivity contribution in [3.05, 3.63) is 71.4 Å². The van der Waals surface area contributed by atoms with Gasteiger partial charge in [-0.05, 0) is 36.5 Å². The van der Waals surface area contributed by atoms with Gasteiger partial charge in [0.15, 0.2) is 5.11 Å². The van der Waals surface area contributed by atoms with Crippen molar-refractivity contribution in [1.29, 1.82) is 0 Å². The maximum Gasteiger partial charge on any atom is 0.337 e. The van der Waals surface area contributed by atoms with Gasteiger partial charge >= 0.3 is 5.97 Å². The van der Waals surface area contributed by atoms with Crippen molar-refractivity contribution in [3.8, 4) is 0 Å². The summed E-state index contributed by atoms with van der Waals surface area (Å²) in [6.07, 6.45) is 0. The van der Waals surface area contributed by atoms with Gasteiger partial charge in [0, 0.05) is 12.2 Å². The first-order valence-electron chi connectivity index (χ1n) is 9.94. The van der Waals surface area contributed by atoms with E-state index in [4.69, 9.17) is 17.0 Å². The molecular weight excluding hydrogens is 446 g/mol. The summed E-state index contributed by atoms with van der Waals surface area (Å²) in [5.41, 5.74) is 6.48. The van der Waals surface area contributed by atoms with E-state index in [1.165, 1.54) is 12.0 Å². The zero-order chi connectivity index (χ0) is 23.8. The van der Waals surface area contributed by atoms with Gasteiger partial charge in [0.05, 0.1) is 37.1 Å². The number of hydrogen-bond donors (Lipinski definition) is 5. The Bertz CT molecular complexity index is 1090. The lowest BCUT2D eigenvalue weighted by atomic mass is 10.1. The number of thiocarbonyl (C=S) groups is 1. The molecule has 0 spiro atoms. The Morgan fingerprint density at radius 2 is 1.79 bits per heavy atom. The lowest BCUT2D eigenvalue weighted by Gasteiger charge is -2.16.